The van der Waals surface area contributed by atoms with Gasteiger partial charge in [-0.1, -0.05) is 30.3 Å². The van der Waals surface area contributed by atoms with Gasteiger partial charge >= 0.3 is 0 Å². The smallest absolute Gasteiger partial charge is 0.278 e. The molecule has 0 aliphatic rings. The van der Waals surface area contributed by atoms with Gasteiger partial charge in [0.25, 0.3) is 5.56 Å². The van der Waals surface area contributed by atoms with E-state index >= 15 is 0 Å². The van der Waals surface area contributed by atoms with Crippen LogP contribution in [-0.4, -0.2) is 36.6 Å². The van der Waals surface area contributed by atoms with E-state index in [2.05, 4.69) is 20.3 Å². The first-order chi connectivity index (χ1) is 12.1. The molecule has 1 amide bonds. The van der Waals surface area contributed by atoms with Gasteiger partial charge in [-0.2, -0.15) is 0 Å². The van der Waals surface area contributed by atoms with Crippen LogP contribution in [0.3, 0.4) is 0 Å². The fourth-order valence-corrected chi connectivity index (χ4v) is 2.62. The average molecular weight is 341 g/mol. The molecule has 3 aromatic rings. The summed E-state index contributed by atoms with van der Waals surface area (Å²) in [7, 11) is 0. The predicted molar refractivity (Wildman–Crippen MR) is 91.8 cm³/mol. The van der Waals surface area contributed by atoms with Crippen molar-refractivity contribution in [1.29, 1.82) is 0 Å². The molecule has 0 bridgehead atoms. The van der Waals surface area contributed by atoms with Crippen molar-refractivity contribution in [2.45, 2.75) is 32.0 Å². The normalized spacial score (nSPS) is 13.5. The van der Waals surface area contributed by atoms with Crippen LogP contribution in [0.1, 0.15) is 25.0 Å². The van der Waals surface area contributed by atoms with Gasteiger partial charge in [-0.05, 0) is 12.5 Å². The molecule has 3 rings (SSSR count). The van der Waals surface area contributed by atoms with E-state index in [0.29, 0.717) is 12.2 Å². The minimum absolute atomic E-state index is 0.186. The highest BCUT2D eigenvalue weighted by atomic mass is 16.3. The SMILES string of the molecule is CC(NC(=O)CCn1cnc2c(=O)[nH]cnc21)C(O)c1ccccc1. The molecule has 2 aromatic heterocycles. The molecule has 130 valence electrons. The quantitative estimate of drug-likeness (QED) is 0.612. The van der Waals surface area contributed by atoms with Crippen molar-refractivity contribution < 1.29 is 9.90 Å². The summed E-state index contributed by atoms with van der Waals surface area (Å²) in [5.74, 6) is -0.200. The van der Waals surface area contributed by atoms with E-state index in [9.17, 15) is 14.7 Å². The summed E-state index contributed by atoms with van der Waals surface area (Å²) in [5, 5.41) is 13.1. The van der Waals surface area contributed by atoms with Crippen LogP contribution in [0.4, 0.5) is 0 Å². The number of amides is 1. The molecule has 8 nitrogen and oxygen atoms in total. The molecule has 0 fully saturated rings. The first kappa shape index (κ1) is 16.8. The molecule has 0 spiro atoms. The molecule has 0 radical (unpaired) electrons. The number of aromatic nitrogens is 4. The second-order valence-electron chi connectivity index (χ2n) is 5.80. The number of nitrogens with zero attached hydrogens (tertiary/aromatic N) is 3. The first-order valence-corrected chi connectivity index (χ1v) is 7.97. The Morgan fingerprint density at radius 1 is 1.32 bits per heavy atom. The maximum absolute atomic E-state index is 12.1. The van der Waals surface area contributed by atoms with Crippen LogP contribution >= 0.6 is 0 Å². The highest BCUT2D eigenvalue weighted by Gasteiger charge is 2.18. The number of aryl methyl sites for hydroxylation is 1. The molecule has 0 saturated carbocycles. The highest BCUT2D eigenvalue weighted by Crippen LogP contribution is 2.16. The third-order valence-electron chi connectivity index (χ3n) is 3.99. The van der Waals surface area contributed by atoms with Crippen molar-refractivity contribution in [3.05, 3.63) is 58.9 Å². The molecule has 2 heterocycles. The number of rotatable bonds is 6. The number of aromatic amines is 1. The number of imidazole rings is 1. The van der Waals surface area contributed by atoms with Gasteiger partial charge in [0.15, 0.2) is 11.2 Å². The van der Waals surface area contributed by atoms with Crippen molar-refractivity contribution in [3.8, 4) is 0 Å². The van der Waals surface area contributed by atoms with Crippen LogP contribution in [0, 0.1) is 0 Å². The molecule has 2 unspecified atom stereocenters. The second-order valence-corrected chi connectivity index (χ2v) is 5.80. The van der Waals surface area contributed by atoms with Gasteiger partial charge in [-0.15, -0.1) is 0 Å². The summed E-state index contributed by atoms with van der Waals surface area (Å²) < 4.78 is 1.66. The van der Waals surface area contributed by atoms with E-state index in [1.807, 2.05) is 30.3 Å². The summed E-state index contributed by atoms with van der Waals surface area (Å²) in [5.41, 5.74) is 1.12. The lowest BCUT2D eigenvalue weighted by Crippen LogP contribution is -2.37. The highest BCUT2D eigenvalue weighted by molar-refractivity contribution is 5.76. The lowest BCUT2D eigenvalue weighted by Gasteiger charge is -2.20. The molecule has 1 aromatic carbocycles. The minimum atomic E-state index is -0.778. The number of aliphatic hydroxyl groups excluding tert-OH is 1. The van der Waals surface area contributed by atoms with Crippen LogP contribution in [0.5, 0.6) is 0 Å². The van der Waals surface area contributed by atoms with Crippen LogP contribution in [-0.2, 0) is 11.3 Å². The lowest BCUT2D eigenvalue weighted by molar-refractivity contribution is -0.122. The topological polar surface area (TPSA) is 113 Å². The zero-order chi connectivity index (χ0) is 17.8. The third kappa shape index (κ3) is 3.74. The van der Waals surface area contributed by atoms with Gasteiger partial charge in [0.2, 0.25) is 5.91 Å². The maximum atomic E-state index is 12.1. The van der Waals surface area contributed by atoms with Crippen LogP contribution in [0.2, 0.25) is 0 Å². The lowest BCUT2D eigenvalue weighted by atomic mass is 10.0. The van der Waals surface area contributed by atoms with Crippen molar-refractivity contribution in [1.82, 2.24) is 24.8 Å². The van der Waals surface area contributed by atoms with Crippen LogP contribution in [0.15, 0.2) is 47.8 Å². The maximum Gasteiger partial charge on any atom is 0.278 e. The summed E-state index contributed by atoms with van der Waals surface area (Å²) in [6.07, 6.45) is 2.20. The van der Waals surface area contributed by atoms with Crippen molar-refractivity contribution >= 4 is 17.1 Å². The predicted octanol–water partition coefficient (Wildman–Crippen LogP) is 0.748. The van der Waals surface area contributed by atoms with Crippen LogP contribution < -0.4 is 10.9 Å². The number of aliphatic hydroxyl groups is 1. The number of benzene rings is 1. The number of H-pyrrole nitrogens is 1. The molecular formula is C17H19N5O3. The molecule has 8 heteroatoms. The Bertz CT molecular complexity index is 919. The summed E-state index contributed by atoms with van der Waals surface area (Å²) in [6, 6.07) is 8.75. The largest absolute Gasteiger partial charge is 0.386 e. The Morgan fingerprint density at radius 3 is 2.84 bits per heavy atom. The molecule has 25 heavy (non-hydrogen) atoms. The summed E-state index contributed by atoms with van der Waals surface area (Å²) in [6.45, 7) is 2.09. The third-order valence-corrected chi connectivity index (χ3v) is 3.99. The minimum Gasteiger partial charge on any atom is -0.386 e. The summed E-state index contributed by atoms with van der Waals surface area (Å²) >= 11 is 0. The Labute approximate surface area is 143 Å². The second kappa shape index (κ2) is 7.27. The molecule has 2 atom stereocenters. The molecule has 3 N–H and O–H groups in total. The van der Waals surface area contributed by atoms with Gasteiger partial charge in [0, 0.05) is 13.0 Å². The fourth-order valence-electron chi connectivity index (χ4n) is 2.62. The van der Waals surface area contributed by atoms with E-state index in [1.54, 1.807) is 11.5 Å². The monoisotopic (exact) mass is 341 g/mol. The zero-order valence-electron chi connectivity index (χ0n) is 13.7. The average Bonchev–Trinajstić information content (AvgIpc) is 3.04. The van der Waals surface area contributed by atoms with E-state index in [0.717, 1.165) is 5.56 Å². The van der Waals surface area contributed by atoms with Crippen molar-refractivity contribution in [3.63, 3.8) is 0 Å². The Balaban J connectivity index is 1.59. The molecule has 0 saturated heterocycles. The fraction of sp³-hybridized carbons (Fsp3) is 0.294. The molecule has 0 aliphatic heterocycles. The van der Waals surface area contributed by atoms with E-state index in [4.69, 9.17) is 0 Å². The van der Waals surface area contributed by atoms with Gasteiger partial charge < -0.3 is 20.0 Å². The Hall–Kier alpha value is -3.00. The van der Waals surface area contributed by atoms with Gasteiger partial charge in [0.1, 0.15) is 0 Å². The standard InChI is InChI=1S/C17H19N5O3/c1-11(15(24)12-5-3-2-4-6-12)21-13(23)7-8-22-10-20-14-16(22)18-9-19-17(14)25/h2-6,9-11,15,24H,7-8H2,1H3,(H,21,23)(H,18,19,25). The molecule has 0 aliphatic carbocycles. The Morgan fingerprint density at radius 2 is 2.08 bits per heavy atom. The van der Waals surface area contributed by atoms with Gasteiger partial charge in [-0.3, -0.25) is 9.59 Å². The zero-order valence-corrected chi connectivity index (χ0v) is 13.7. The van der Waals surface area contributed by atoms with Gasteiger partial charge in [-0.25, -0.2) is 9.97 Å². The van der Waals surface area contributed by atoms with E-state index < -0.39 is 12.1 Å². The first-order valence-electron chi connectivity index (χ1n) is 7.97. The van der Waals surface area contributed by atoms with Gasteiger partial charge in [0.05, 0.1) is 24.8 Å². The van der Waals surface area contributed by atoms with Crippen molar-refractivity contribution in [2.24, 2.45) is 0 Å². The number of carbonyl (C=O) groups excluding carboxylic acids is 1. The number of carbonyl (C=O) groups is 1. The van der Waals surface area contributed by atoms with E-state index in [1.165, 1.54) is 12.7 Å². The number of hydrogen-bond acceptors (Lipinski definition) is 5. The number of hydrogen-bond donors (Lipinski definition) is 3. The number of fused-ring (bicyclic) bond motifs is 1. The number of nitrogens with one attached hydrogen (secondary N) is 2. The summed E-state index contributed by atoms with van der Waals surface area (Å²) in [4.78, 5) is 34.3. The van der Waals surface area contributed by atoms with E-state index in [-0.39, 0.29) is 23.4 Å². The van der Waals surface area contributed by atoms with Crippen molar-refractivity contribution in [2.75, 3.05) is 0 Å². The molecular weight excluding hydrogens is 322 g/mol. The Kier molecular flexibility index (Phi) is 4.90. The van der Waals surface area contributed by atoms with Crippen LogP contribution in [0.25, 0.3) is 11.2 Å².